The Labute approximate surface area is 119 Å². The quantitative estimate of drug-likeness (QED) is 0.140. The first-order valence-electron chi connectivity index (χ1n) is 5.97. The van der Waals surface area contributed by atoms with Crippen LogP contribution >= 0.6 is 0 Å². The Morgan fingerprint density at radius 2 is 1.81 bits per heavy atom. The molecule has 0 amide bonds. The monoisotopic (exact) mass is 303 g/mol. The van der Waals surface area contributed by atoms with Crippen LogP contribution in [0.15, 0.2) is 0 Å². The largest absolute Gasteiger partial charge is 0.481 e. The lowest BCUT2D eigenvalue weighted by Gasteiger charge is -2.09. The van der Waals surface area contributed by atoms with E-state index in [-0.39, 0.29) is 25.7 Å². The molecule has 0 rings (SSSR count). The molecule has 0 bridgehead atoms. The molecule has 0 saturated heterocycles. The molecule has 6 N–H and O–H groups in total. The average Bonchev–Trinajstić information content (AvgIpc) is 2.42. The van der Waals surface area contributed by atoms with E-state index >= 15 is 0 Å². The van der Waals surface area contributed by atoms with Gasteiger partial charge in [0.15, 0.2) is 5.78 Å². The zero-order valence-electron chi connectivity index (χ0n) is 11.1. The van der Waals surface area contributed by atoms with E-state index in [0.29, 0.717) is 0 Å². The molecule has 0 aromatic rings. The molecule has 0 radical (unpaired) electrons. The van der Waals surface area contributed by atoms with Gasteiger partial charge >= 0.3 is 17.9 Å². The number of esters is 2. The number of carboxylic acids is 1. The second-order valence-corrected chi connectivity index (χ2v) is 4.07. The molecule has 0 aromatic carbocycles. The zero-order valence-corrected chi connectivity index (χ0v) is 11.1. The first-order chi connectivity index (χ1) is 9.77. The molecule has 0 heterocycles. The lowest BCUT2D eigenvalue weighted by atomic mass is 10.1. The number of hydrogen-bond donors (Lipinski definition) is 5. The third kappa shape index (κ3) is 8.57. The second-order valence-electron chi connectivity index (χ2n) is 4.07. The highest BCUT2D eigenvalue weighted by Gasteiger charge is 2.20. The number of carbonyl (C=O) groups excluding carboxylic acids is 3. The summed E-state index contributed by atoms with van der Waals surface area (Å²) >= 11 is 0. The SMILES string of the molecule is N=C(CCC(=O)OC(=O)[C@@H](N)CCC(=O)O)C(=O)CNO. The van der Waals surface area contributed by atoms with Crippen LogP contribution in [0.2, 0.25) is 0 Å². The summed E-state index contributed by atoms with van der Waals surface area (Å²) in [4.78, 5) is 44.0. The van der Waals surface area contributed by atoms with E-state index in [1.165, 1.54) is 0 Å². The maximum Gasteiger partial charge on any atom is 0.330 e. The van der Waals surface area contributed by atoms with Crippen molar-refractivity contribution in [1.29, 1.82) is 5.41 Å². The summed E-state index contributed by atoms with van der Waals surface area (Å²) in [6.07, 6.45) is -1.14. The van der Waals surface area contributed by atoms with Crippen molar-refractivity contribution in [2.45, 2.75) is 31.7 Å². The van der Waals surface area contributed by atoms with E-state index in [9.17, 15) is 19.2 Å². The summed E-state index contributed by atoms with van der Waals surface area (Å²) in [7, 11) is 0. The minimum absolute atomic E-state index is 0.169. The third-order valence-electron chi connectivity index (χ3n) is 2.34. The minimum Gasteiger partial charge on any atom is -0.481 e. The van der Waals surface area contributed by atoms with Crippen LogP contribution in [0.4, 0.5) is 0 Å². The number of Topliss-reactive ketones (excluding diaryl/α,β-unsaturated/α-hetero) is 1. The van der Waals surface area contributed by atoms with E-state index in [1.54, 1.807) is 5.48 Å². The molecule has 10 heteroatoms. The van der Waals surface area contributed by atoms with Gasteiger partial charge < -0.3 is 26.2 Å². The number of carbonyl (C=O) groups is 4. The molecule has 0 aliphatic rings. The predicted octanol–water partition coefficient (Wildman–Crippen LogP) is -1.40. The fraction of sp³-hybridized carbons (Fsp3) is 0.545. The number of ether oxygens (including phenoxy) is 1. The Morgan fingerprint density at radius 3 is 2.33 bits per heavy atom. The summed E-state index contributed by atoms with van der Waals surface area (Å²) in [5.74, 6) is -3.86. The van der Waals surface area contributed by atoms with Crippen molar-refractivity contribution in [3.8, 4) is 0 Å². The molecular formula is C11H17N3O7. The maximum absolute atomic E-state index is 11.3. The van der Waals surface area contributed by atoms with Gasteiger partial charge in [-0.15, -0.1) is 0 Å². The van der Waals surface area contributed by atoms with Crippen molar-refractivity contribution in [1.82, 2.24) is 5.48 Å². The summed E-state index contributed by atoms with van der Waals surface area (Å²) in [5, 5.41) is 24.0. The van der Waals surface area contributed by atoms with Crippen molar-refractivity contribution in [3.05, 3.63) is 0 Å². The molecule has 0 fully saturated rings. The van der Waals surface area contributed by atoms with E-state index in [4.69, 9.17) is 21.5 Å². The molecule has 0 aliphatic carbocycles. The lowest BCUT2D eigenvalue weighted by Crippen LogP contribution is -2.34. The summed E-state index contributed by atoms with van der Waals surface area (Å²) in [6.45, 7) is -0.452. The van der Waals surface area contributed by atoms with Gasteiger partial charge in [-0.25, -0.2) is 4.79 Å². The van der Waals surface area contributed by atoms with Gasteiger partial charge in [0.05, 0.1) is 18.7 Å². The van der Waals surface area contributed by atoms with Gasteiger partial charge in [-0.3, -0.25) is 14.4 Å². The van der Waals surface area contributed by atoms with E-state index < -0.39 is 42.0 Å². The summed E-state index contributed by atoms with van der Waals surface area (Å²) < 4.78 is 4.37. The summed E-state index contributed by atoms with van der Waals surface area (Å²) in [5.41, 5.74) is 6.51. The first-order valence-corrected chi connectivity index (χ1v) is 5.97. The highest BCUT2D eigenvalue weighted by Crippen LogP contribution is 2.01. The Bertz CT molecular complexity index is 436. The van der Waals surface area contributed by atoms with Gasteiger partial charge in [-0.05, 0) is 6.42 Å². The lowest BCUT2D eigenvalue weighted by molar-refractivity contribution is -0.160. The molecule has 118 valence electrons. The standard InChI is InChI=1S/C11H17N3O7/c12-6(8(15)5-14-20)2-4-10(18)21-11(19)7(13)1-3-9(16)17/h7,12,14,20H,1-5,13H2,(H,16,17)/t7-/m0/s1. The van der Waals surface area contributed by atoms with Gasteiger partial charge in [-0.1, -0.05) is 0 Å². The Morgan fingerprint density at radius 1 is 1.19 bits per heavy atom. The van der Waals surface area contributed by atoms with Crippen LogP contribution in [-0.4, -0.2) is 52.3 Å². The number of nitrogens with one attached hydrogen (secondary N) is 2. The molecular weight excluding hydrogens is 286 g/mol. The molecule has 0 saturated carbocycles. The molecule has 10 nitrogen and oxygen atoms in total. The molecule has 0 aromatic heterocycles. The first kappa shape index (κ1) is 18.8. The van der Waals surface area contributed by atoms with E-state index in [1.807, 2.05) is 0 Å². The van der Waals surface area contributed by atoms with Gasteiger partial charge in [0, 0.05) is 12.8 Å². The number of hydrogen-bond acceptors (Lipinski definition) is 9. The maximum atomic E-state index is 11.3. The number of carboxylic acid groups (broad SMARTS) is 1. The van der Waals surface area contributed by atoms with E-state index in [0.717, 1.165) is 0 Å². The summed E-state index contributed by atoms with van der Waals surface area (Å²) in [6, 6.07) is -1.23. The van der Waals surface area contributed by atoms with Crippen molar-refractivity contribution >= 4 is 29.4 Å². The third-order valence-corrected chi connectivity index (χ3v) is 2.34. The van der Waals surface area contributed by atoms with Crippen LogP contribution in [0.25, 0.3) is 0 Å². The van der Waals surface area contributed by atoms with Crippen molar-refractivity contribution < 1.29 is 34.2 Å². The van der Waals surface area contributed by atoms with Crippen LogP contribution < -0.4 is 11.2 Å². The molecule has 0 spiro atoms. The number of nitrogens with two attached hydrogens (primary N) is 1. The normalized spacial score (nSPS) is 11.5. The number of aliphatic carboxylic acids is 1. The second kappa shape index (κ2) is 9.69. The fourth-order valence-electron chi connectivity index (χ4n) is 1.18. The van der Waals surface area contributed by atoms with Crippen LogP contribution in [-0.2, 0) is 23.9 Å². The van der Waals surface area contributed by atoms with E-state index in [2.05, 4.69) is 4.74 Å². The van der Waals surface area contributed by atoms with Crippen molar-refractivity contribution in [3.63, 3.8) is 0 Å². The van der Waals surface area contributed by atoms with Gasteiger partial charge in [0.1, 0.15) is 6.04 Å². The minimum atomic E-state index is -1.23. The van der Waals surface area contributed by atoms with Crippen molar-refractivity contribution in [2.24, 2.45) is 5.73 Å². The number of hydroxylamine groups is 1. The fourth-order valence-corrected chi connectivity index (χ4v) is 1.18. The Balaban J connectivity index is 4.08. The zero-order chi connectivity index (χ0) is 16.4. The van der Waals surface area contributed by atoms with Crippen LogP contribution in [0.3, 0.4) is 0 Å². The van der Waals surface area contributed by atoms with Crippen LogP contribution in [0.5, 0.6) is 0 Å². The van der Waals surface area contributed by atoms with Gasteiger partial charge in [0.2, 0.25) is 0 Å². The number of ketones is 1. The molecule has 21 heavy (non-hydrogen) atoms. The van der Waals surface area contributed by atoms with Gasteiger partial charge in [-0.2, -0.15) is 5.48 Å². The Kier molecular flexibility index (Phi) is 8.69. The van der Waals surface area contributed by atoms with Crippen LogP contribution in [0.1, 0.15) is 25.7 Å². The molecule has 1 atom stereocenters. The highest BCUT2D eigenvalue weighted by molar-refractivity contribution is 6.39. The average molecular weight is 303 g/mol. The molecule has 0 unspecified atom stereocenters. The molecule has 0 aliphatic heterocycles. The topological polar surface area (TPSA) is 180 Å². The van der Waals surface area contributed by atoms with Crippen LogP contribution in [0, 0.1) is 5.41 Å². The Hall–Kier alpha value is -2.17. The van der Waals surface area contributed by atoms with Crippen molar-refractivity contribution in [2.75, 3.05) is 6.54 Å². The number of rotatable bonds is 10. The predicted molar refractivity (Wildman–Crippen MR) is 67.7 cm³/mol. The smallest absolute Gasteiger partial charge is 0.330 e. The van der Waals surface area contributed by atoms with Gasteiger partial charge in [0.25, 0.3) is 0 Å². The highest BCUT2D eigenvalue weighted by atomic mass is 16.6.